The number of hydrogen-bond acceptors (Lipinski definition) is 3. The second kappa shape index (κ2) is 13.0. The van der Waals surface area contributed by atoms with E-state index in [-0.39, 0.29) is 5.92 Å². The normalized spacial score (nSPS) is 12.4. The van der Waals surface area contributed by atoms with E-state index in [1.807, 2.05) is 17.4 Å². The maximum absolute atomic E-state index is 6.27. The lowest BCUT2D eigenvalue weighted by atomic mass is 9.81. The number of nitrogens with zero attached hydrogens (tertiary/aromatic N) is 1. The van der Waals surface area contributed by atoms with E-state index in [0.717, 1.165) is 34.3 Å². The molecule has 0 saturated heterocycles. The van der Waals surface area contributed by atoms with Gasteiger partial charge in [0.25, 0.3) is 0 Å². The van der Waals surface area contributed by atoms with Gasteiger partial charge in [0, 0.05) is 43.5 Å². The fourth-order valence-electron chi connectivity index (χ4n) is 8.75. The highest BCUT2D eigenvalue weighted by Gasteiger charge is 2.25. The van der Waals surface area contributed by atoms with Crippen LogP contribution < -0.4 is 4.90 Å². The highest BCUT2D eigenvalue weighted by molar-refractivity contribution is 7.26. The minimum atomic E-state index is 0.0877. The van der Waals surface area contributed by atoms with Gasteiger partial charge in [-0.1, -0.05) is 140 Å². The van der Waals surface area contributed by atoms with Gasteiger partial charge in [-0.3, -0.25) is 0 Å². The molecule has 9 aromatic carbocycles. The number of hydrogen-bond donors (Lipinski definition) is 0. The van der Waals surface area contributed by atoms with Crippen molar-refractivity contribution >= 4 is 92.1 Å². The quantitative estimate of drug-likeness (QED) is 0.152. The predicted molar refractivity (Wildman–Crippen MR) is 235 cm³/mol. The predicted octanol–water partition coefficient (Wildman–Crippen LogP) is 15.1. The molecule has 2 nitrogen and oxygen atoms in total. The lowest BCUT2D eigenvalue weighted by Crippen LogP contribution is -2.09. The van der Waals surface area contributed by atoms with Gasteiger partial charge >= 0.3 is 0 Å². The molecule has 0 aliphatic carbocycles. The monoisotopic (exact) mass is 721 g/mol. The Balaban J connectivity index is 1.16. The number of furan rings is 1. The van der Waals surface area contributed by atoms with Crippen LogP contribution in [0, 0.1) is 0 Å². The minimum Gasteiger partial charge on any atom is -0.456 e. The van der Waals surface area contributed by atoms with Crippen LogP contribution in [0.2, 0.25) is 0 Å². The summed E-state index contributed by atoms with van der Waals surface area (Å²) in [5.41, 5.74) is 9.32. The SMILES string of the molecule is c1ccc(N(c2ccccc2)c2cccc3c2sc2c(C(Cc4ccc5oc6ccccc6c5c4)c4cc5ccccc5c5ccccc45)cccc23)cc1. The highest BCUT2D eigenvalue weighted by atomic mass is 32.1. The molecule has 55 heavy (non-hydrogen) atoms. The number of para-hydroxylation sites is 3. The molecule has 0 fully saturated rings. The van der Waals surface area contributed by atoms with Crippen molar-refractivity contribution in [2.75, 3.05) is 4.90 Å². The maximum atomic E-state index is 6.27. The number of rotatable bonds is 7. The summed E-state index contributed by atoms with van der Waals surface area (Å²) >= 11 is 1.92. The zero-order valence-electron chi connectivity index (χ0n) is 30.0. The largest absolute Gasteiger partial charge is 0.456 e. The van der Waals surface area contributed by atoms with Gasteiger partial charge in [-0.15, -0.1) is 11.3 Å². The second-order valence-electron chi connectivity index (χ2n) is 14.4. The molecule has 260 valence electrons. The minimum absolute atomic E-state index is 0.0877. The molecule has 0 radical (unpaired) electrons. The van der Waals surface area contributed by atoms with Crippen LogP contribution in [0.25, 0.3) is 63.7 Å². The zero-order valence-corrected chi connectivity index (χ0v) is 30.8. The van der Waals surface area contributed by atoms with Gasteiger partial charge in [0.2, 0.25) is 0 Å². The first-order valence-corrected chi connectivity index (χ1v) is 19.7. The Hall–Kier alpha value is -6.68. The van der Waals surface area contributed by atoms with Crippen molar-refractivity contribution in [2.45, 2.75) is 12.3 Å². The third-order valence-electron chi connectivity index (χ3n) is 11.2. The van der Waals surface area contributed by atoms with Crippen molar-refractivity contribution in [1.82, 2.24) is 0 Å². The number of thiophene rings is 1. The Morgan fingerprint density at radius 3 is 1.80 bits per heavy atom. The average Bonchev–Trinajstić information content (AvgIpc) is 3.82. The highest BCUT2D eigenvalue weighted by Crippen LogP contribution is 2.48. The summed E-state index contributed by atoms with van der Waals surface area (Å²) in [5.74, 6) is 0.0877. The Bertz CT molecular complexity index is 3160. The first kappa shape index (κ1) is 31.8. The zero-order chi connectivity index (χ0) is 36.3. The van der Waals surface area contributed by atoms with Crippen LogP contribution in [0.3, 0.4) is 0 Å². The van der Waals surface area contributed by atoms with Crippen LogP contribution in [-0.4, -0.2) is 0 Å². The van der Waals surface area contributed by atoms with Crippen molar-refractivity contribution in [3.63, 3.8) is 0 Å². The van der Waals surface area contributed by atoms with Crippen LogP contribution in [0.1, 0.15) is 22.6 Å². The first-order chi connectivity index (χ1) is 27.3. The Morgan fingerprint density at radius 1 is 0.418 bits per heavy atom. The molecule has 0 aliphatic rings. The van der Waals surface area contributed by atoms with Crippen molar-refractivity contribution in [3.05, 3.63) is 211 Å². The van der Waals surface area contributed by atoms with Gasteiger partial charge in [0.1, 0.15) is 11.2 Å². The maximum Gasteiger partial charge on any atom is 0.135 e. The van der Waals surface area contributed by atoms with E-state index in [9.17, 15) is 0 Å². The van der Waals surface area contributed by atoms with Crippen molar-refractivity contribution < 1.29 is 4.42 Å². The number of anilines is 3. The molecule has 0 bridgehead atoms. The summed E-state index contributed by atoms with van der Waals surface area (Å²) in [6.45, 7) is 0. The molecular formula is C52H35NOS. The van der Waals surface area contributed by atoms with E-state index in [1.165, 1.54) is 69.5 Å². The topological polar surface area (TPSA) is 16.4 Å². The van der Waals surface area contributed by atoms with E-state index < -0.39 is 0 Å². The third kappa shape index (κ3) is 5.31. The van der Waals surface area contributed by atoms with Crippen molar-refractivity contribution in [1.29, 1.82) is 0 Å². The molecule has 2 heterocycles. The summed E-state index contributed by atoms with van der Waals surface area (Å²) in [5, 5.41) is 10.1. The smallest absolute Gasteiger partial charge is 0.135 e. The van der Waals surface area contributed by atoms with Crippen molar-refractivity contribution in [2.24, 2.45) is 0 Å². The Morgan fingerprint density at radius 2 is 1.02 bits per heavy atom. The average molecular weight is 722 g/mol. The summed E-state index contributed by atoms with van der Waals surface area (Å²) in [4.78, 5) is 2.40. The standard InChI is InChI=1S/C52H35NOS/c1-3-16-36(17-4-1)53(37-18-5-2-6-19-37)48-27-14-26-43-42-24-13-25-44(51(42)55-52(43)48)45(31-34-29-30-50-47(32-34)41-23-11-12-28-49(41)54-50)46-33-35-15-7-8-20-38(35)39-21-9-10-22-40(39)46/h1-30,32-33,45H,31H2. The van der Waals surface area contributed by atoms with Gasteiger partial charge in [0.05, 0.1) is 10.4 Å². The lowest BCUT2D eigenvalue weighted by molar-refractivity contribution is 0.668. The van der Waals surface area contributed by atoms with Gasteiger partial charge in [-0.2, -0.15) is 0 Å². The summed E-state index contributed by atoms with van der Waals surface area (Å²) < 4.78 is 8.89. The van der Waals surface area contributed by atoms with E-state index in [4.69, 9.17) is 4.42 Å². The first-order valence-electron chi connectivity index (χ1n) is 18.9. The summed E-state index contributed by atoms with van der Waals surface area (Å²) in [7, 11) is 0. The van der Waals surface area contributed by atoms with Gasteiger partial charge in [0.15, 0.2) is 0 Å². The molecule has 0 aliphatic heterocycles. The third-order valence-corrected chi connectivity index (χ3v) is 12.5. The molecule has 3 heteroatoms. The van der Waals surface area contributed by atoms with E-state index in [0.29, 0.717) is 0 Å². The number of fused-ring (bicyclic) bond motifs is 9. The lowest BCUT2D eigenvalue weighted by Gasteiger charge is -2.25. The molecular weight excluding hydrogens is 687 g/mol. The second-order valence-corrected chi connectivity index (χ2v) is 15.4. The molecule has 0 N–H and O–H groups in total. The van der Waals surface area contributed by atoms with Crippen LogP contribution in [-0.2, 0) is 6.42 Å². The molecule has 0 spiro atoms. The van der Waals surface area contributed by atoms with Crippen LogP contribution in [0.5, 0.6) is 0 Å². The van der Waals surface area contributed by atoms with Gasteiger partial charge in [-0.05, 0) is 99.3 Å². The molecule has 1 unspecified atom stereocenters. The van der Waals surface area contributed by atoms with Crippen LogP contribution >= 0.6 is 11.3 Å². The van der Waals surface area contributed by atoms with E-state index in [1.54, 1.807) is 0 Å². The fraction of sp³-hybridized carbons (Fsp3) is 0.0385. The van der Waals surface area contributed by atoms with Gasteiger partial charge < -0.3 is 9.32 Å². The summed E-state index contributed by atoms with van der Waals surface area (Å²) in [6.07, 6.45) is 0.845. The van der Waals surface area contributed by atoms with Crippen LogP contribution in [0.4, 0.5) is 17.1 Å². The van der Waals surface area contributed by atoms with E-state index in [2.05, 4.69) is 193 Å². The van der Waals surface area contributed by atoms with E-state index >= 15 is 0 Å². The molecule has 0 saturated carbocycles. The molecule has 0 amide bonds. The molecule has 11 rings (SSSR count). The Kier molecular flexibility index (Phi) is 7.53. The van der Waals surface area contributed by atoms with Gasteiger partial charge in [-0.25, -0.2) is 0 Å². The Labute approximate surface area is 323 Å². The summed E-state index contributed by atoms with van der Waals surface area (Å²) in [6, 6.07) is 70.6. The van der Waals surface area contributed by atoms with Crippen LogP contribution in [0.15, 0.2) is 199 Å². The molecule has 2 aromatic heterocycles. The fourth-order valence-corrected chi connectivity index (χ4v) is 10.1. The van der Waals surface area contributed by atoms with Crippen molar-refractivity contribution in [3.8, 4) is 0 Å². The molecule has 1 atom stereocenters. The number of benzene rings is 9. The molecule has 11 aromatic rings.